The Morgan fingerprint density at radius 1 is 0.957 bits per heavy atom. The molecule has 2 aromatic rings. The standard InChI is InChI=1S/C15H14NO.CH4O4S/c1-16-10-8-14(9-11-16)3-2-13-4-6-15(12-17)7-5-13;1-5-6(2,3)4/h2-12H,1H3;1H3,(H,2,3,4)/q+1;/p-1/b3-2+;. The Balaban J connectivity index is 0.000000379. The number of aldehydes is 1. The summed E-state index contributed by atoms with van der Waals surface area (Å²) in [5.74, 6) is 0. The molecule has 0 N–H and O–H groups in total. The first-order chi connectivity index (χ1) is 10.8. The average molecular weight is 335 g/mol. The number of rotatable bonds is 4. The molecule has 0 bridgehead atoms. The molecular weight excluding hydrogens is 318 g/mol. The molecule has 1 heterocycles. The van der Waals surface area contributed by atoms with E-state index in [0.717, 1.165) is 24.5 Å². The van der Waals surface area contributed by atoms with Crippen molar-refractivity contribution in [1.82, 2.24) is 0 Å². The number of nitrogens with zero attached hydrogens (tertiary/aromatic N) is 1. The normalized spacial score (nSPS) is 10.9. The topological polar surface area (TPSA) is 87.4 Å². The van der Waals surface area contributed by atoms with Crippen LogP contribution in [0.1, 0.15) is 21.5 Å². The maximum absolute atomic E-state index is 10.5. The van der Waals surface area contributed by atoms with Crippen molar-refractivity contribution in [3.63, 3.8) is 0 Å². The molecule has 1 aromatic carbocycles. The van der Waals surface area contributed by atoms with Gasteiger partial charge in [-0.15, -0.1) is 0 Å². The fraction of sp³-hybridized carbons (Fsp3) is 0.125. The fourth-order valence-electron chi connectivity index (χ4n) is 1.50. The fourth-order valence-corrected chi connectivity index (χ4v) is 1.50. The van der Waals surface area contributed by atoms with Crippen LogP contribution >= 0.6 is 0 Å². The SMILES string of the molecule is COS(=O)(=O)[O-].C[n+]1ccc(/C=C/c2ccc(C=O)cc2)cc1. The van der Waals surface area contributed by atoms with Gasteiger partial charge in [0.25, 0.3) is 0 Å². The lowest BCUT2D eigenvalue weighted by atomic mass is 10.1. The van der Waals surface area contributed by atoms with Gasteiger partial charge in [0.1, 0.15) is 13.3 Å². The molecule has 122 valence electrons. The van der Waals surface area contributed by atoms with Gasteiger partial charge in [0.15, 0.2) is 12.4 Å². The highest BCUT2D eigenvalue weighted by atomic mass is 32.3. The molecule has 0 aliphatic rings. The van der Waals surface area contributed by atoms with E-state index in [1.165, 1.54) is 0 Å². The molecular formula is C16H17NO5S. The smallest absolute Gasteiger partial charge is 0.217 e. The highest BCUT2D eigenvalue weighted by molar-refractivity contribution is 7.80. The van der Waals surface area contributed by atoms with E-state index in [4.69, 9.17) is 0 Å². The van der Waals surface area contributed by atoms with Gasteiger partial charge in [-0.1, -0.05) is 36.4 Å². The molecule has 0 radical (unpaired) electrons. The van der Waals surface area contributed by atoms with Crippen LogP contribution in [0.15, 0.2) is 48.8 Å². The Bertz CT molecular complexity index is 750. The van der Waals surface area contributed by atoms with Crippen LogP contribution in [0.4, 0.5) is 0 Å². The van der Waals surface area contributed by atoms with E-state index in [2.05, 4.69) is 22.4 Å². The quantitative estimate of drug-likeness (QED) is 0.366. The van der Waals surface area contributed by atoms with Gasteiger partial charge in [-0.05, 0) is 11.1 Å². The lowest BCUT2D eigenvalue weighted by molar-refractivity contribution is -0.671. The van der Waals surface area contributed by atoms with Gasteiger partial charge in [0, 0.05) is 17.7 Å². The van der Waals surface area contributed by atoms with Crippen LogP contribution in [0.2, 0.25) is 0 Å². The predicted octanol–water partition coefficient (Wildman–Crippen LogP) is 1.59. The molecule has 0 amide bonds. The molecule has 0 saturated carbocycles. The van der Waals surface area contributed by atoms with Gasteiger partial charge in [0.2, 0.25) is 10.4 Å². The molecule has 2 rings (SSSR count). The zero-order chi connectivity index (χ0) is 17.3. The van der Waals surface area contributed by atoms with E-state index >= 15 is 0 Å². The number of aromatic nitrogens is 1. The van der Waals surface area contributed by atoms with E-state index in [1.807, 2.05) is 54.3 Å². The Labute approximate surface area is 135 Å². The van der Waals surface area contributed by atoms with Crippen molar-refractivity contribution in [2.75, 3.05) is 7.11 Å². The number of hydrogen-bond acceptors (Lipinski definition) is 5. The summed E-state index contributed by atoms with van der Waals surface area (Å²) in [5, 5.41) is 0. The molecule has 0 fully saturated rings. The summed E-state index contributed by atoms with van der Waals surface area (Å²) in [4.78, 5) is 10.5. The zero-order valence-electron chi connectivity index (χ0n) is 12.7. The largest absolute Gasteiger partial charge is 0.726 e. The maximum Gasteiger partial charge on any atom is 0.217 e. The molecule has 0 aliphatic carbocycles. The third-order valence-corrected chi connectivity index (χ3v) is 3.16. The minimum Gasteiger partial charge on any atom is -0.726 e. The summed E-state index contributed by atoms with van der Waals surface area (Å²) in [6, 6.07) is 11.6. The van der Waals surface area contributed by atoms with Crippen molar-refractivity contribution in [2.45, 2.75) is 0 Å². The van der Waals surface area contributed by atoms with Gasteiger partial charge in [-0.3, -0.25) is 8.98 Å². The Hall–Kier alpha value is -2.35. The molecule has 0 saturated heterocycles. The van der Waals surface area contributed by atoms with Crippen LogP contribution in [-0.4, -0.2) is 26.4 Å². The van der Waals surface area contributed by atoms with E-state index in [1.54, 1.807) is 0 Å². The molecule has 1 aromatic heterocycles. The van der Waals surface area contributed by atoms with E-state index in [9.17, 15) is 17.8 Å². The molecule has 7 heteroatoms. The van der Waals surface area contributed by atoms with Crippen molar-refractivity contribution in [3.8, 4) is 0 Å². The Morgan fingerprint density at radius 3 is 1.74 bits per heavy atom. The monoisotopic (exact) mass is 335 g/mol. The third kappa shape index (κ3) is 8.01. The van der Waals surface area contributed by atoms with Gasteiger partial charge < -0.3 is 4.55 Å². The molecule has 0 unspecified atom stereocenters. The molecule has 6 nitrogen and oxygen atoms in total. The number of benzene rings is 1. The second-order valence-corrected chi connectivity index (χ2v) is 5.64. The summed E-state index contributed by atoms with van der Waals surface area (Å²) in [6.45, 7) is 0. The van der Waals surface area contributed by atoms with Crippen molar-refractivity contribution in [2.24, 2.45) is 7.05 Å². The first kappa shape index (κ1) is 18.7. The predicted molar refractivity (Wildman–Crippen MR) is 85.1 cm³/mol. The second kappa shape index (κ2) is 8.94. The van der Waals surface area contributed by atoms with Crippen molar-refractivity contribution < 1.29 is 26.5 Å². The Kier molecular flexibility index (Phi) is 7.27. The number of aryl methyl sites for hydroxylation is 1. The molecule has 23 heavy (non-hydrogen) atoms. The lowest BCUT2D eigenvalue weighted by Gasteiger charge is -1.98. The summed E-state index contributed by atoms with van der Waals surface area (Å²) in [6.07, 6.45) is 8.95. The minimum absolute atomic E-state index is 0.703. The van der Waals surface area contributed by atoms with Crippen LogP contribution in [0.5, 0.6) is 0 Å². The number of hydrogen-bond donors (Lipinski definition) is 0. The van der Waals surface area contributed by atoms with Gasteiger partial charge in [0.05, 0.1) is 7.11 Å². The molecule has 0 aliphatic heterocycles. The second-order valence-electron chi connectivity index (χ2n) is 4.49. The first-order valence-electron chi connectivity index (χ1n) is 6.54. The van der Waals surface area contributed by atoms with E-state index in [-0.39, 0.29) is 0 Å². The van der Waals surface area contributed by atoms with Crippen LogP contribution in [-0.2, 0) is 21.6 Å². The van der Waals surface area contributed by atoms with Crippen LogP contribution in [0, 0.1) is 0 Å². The van der Waals surface area contributed by atoms with Gasteiger partial charge >= 0.3 is 0 Å². The summed E-state index contributed by atoms with van der Waals surface area (Å²) in [5.41, 5.74) is 2.94. The van der Waals surface area contributed by atoms with Crippen LogP contribution < -0.4 is 4.57 Å². The summed E-state index contributed by atoms with van der Waals surface area (Å²) < 4.78 is 33.0. The molecule has 0 atom stereocenters. The number of carbonyl (C=O) groups is 1. The third-order valence-electron chi connectivity index (χ3n) is 2.75. The van der Waals surface area contributed by atoms with Crippen molar-refractivity contribution >= 4 is 28.8 Å². The number of carbonyl (C=O) groups excluding carboxylic acids is 1. The van der Waals surface area contributed by atoms with Crippen LogP contribution in [0.3, 0.4) is 0 Å². The highest BCUT2D eigenvalue weighted by Gasteiger charge is 1.92. The van der Waals surface area contributed by atoms with Crippen molar-refractivity contribution in [1.29, 1.82) is 0 Å². The maximum atomic E-state index is 10.5. The lowest BCUT2D eigenvalue weighted by Crippen LogP contribution is -2.25. The number of pyridine rings is 1. The minimum atomic E-state index is -4.41. The van der Waals surface area contributed by atoms with E-state index in [0.29, 0.717) is 5.56 Å². The van der Waals surface area contributed by atoms with E-state index < -0.39 is 10.4 Å². The average Bonchev–Trinajstić information content (AvgIpc) is 2.55. The first-order valence-corrected chi connectivity index (χ1v) is 7.87. The van der Waals surface area contributed by atoms with Gasteiger partial charge in [-0.2, -0.15) is 0 Å². The Morgan fingerprint density at radius 2 is 1.35 bits per heavy atom. The molecule has 0 spiro atoms. The summed E-state index contributed by atoms with van der Waals surface area (Å²) in [7, 11) is -1.61. The zero-order valence-corrected chi connectivity index (χ0v) is 13.6. The highest BCUT2D eigenvalue weighted by Crippen LogP contribution is 2.08. The summed E-state index contributed by atoms with van der Waals surface area (Å²) >= 11 is 0. The van der Waals surface area contributed by atoms with Gasteiger partial charge in [-0.25, -0.2) is 13.0 Å². The van der Waals surface area contributed by atoms with Crippen molar-refractivity contribution in [3.05, 3.63) is 65.5 Å². The van der Waals surface area contributed by atoms with Crippen LogP contribution in [0.25, 0.3) is 12.2 Å².